The van der Waals surface area contributed by atoms with Gasteiger partial charge in [-0.05, 0) is 61.2 Å². The molecule has 1 aliphatic rings. The van der Waals surface area contributed by atoms with Gasteiger partial charge in [0.05, 0.1) is 0 Å². The van der Waals surface area contributed by atoms with Crippen molar-refractivity contribution < 1.29 is 21.8 Å². The van der Waals surface area contributed by atoms with Crippen LogP contribution in [0.15, 0.2) is 53.4 Å². The second kappa shape index (κ2) is 10.8. The van der Waals surface area contributed by atoms with Crippen LogP contribution in [0.4, 0.5) is 4.39 Å². The zero-order chi connectivity index (χ0) is 22.3. The van der Waals surface area contributed by atoms with Crippen molar-refractivity contribution in [3.05, 3.63) is 59.9 Å². The molecule has 0 aliphatic heterocycles. The minimum atomic E-state index is -4.03. The van der Waals surface area contributed by atoms with Gasteiger partial charge in [-0.25, -0.2) is 4.39 Å². The molecule has 7 heteroatoms. The van der Waals surface area contributed by atoms with E-state index in [2.05, 4.69) is 6.92 Å². The Morgan fingerprint density at radius 1 is 1.00 bits per heavy atom. The van der Waals surface area contributed by atoms with Crippen LogP contribution in [-0.2, 0) is 21.5 Å². The Bertz CT molecular complexity index is 954. The molecule has 0 heterocycles. The summed E-state index contributed by atoms with van der Waals surface area (Å²) in [6, 6.07) is 11.5. The number of hydrogen-bond acceptors (Lipinski definition) is 4. The zero-order valence-corrected chi connectivity index (χ0v) is 18.7. The van der Waals surface area contributed by atoms with E-state index in [1.54, 1.807) is 24.3 Å². The summed E-state index contributed by atoms with van der Waals surface area (Å²) in [7, 11) is -4.03. The van der Waals surface area contributed by atoms with Crippen molar-refractivity contribution in [1.82, 2.24) is 4.90 Å². The Morgan fingerprint density at radius 2 is 1.65 bits per heavy atom. The van der Waals surface area contributed by atoms with Gasteiger partial charge in [-0.15, -0.1) is 0 Å². The summed E-state index contributed by atoms with van der Waals surface area (Å²) < 4.78 is 42.8. The lowest BCUT2D eigenvalue weighted by molar-refractivity contribution is -0.132. The average molecular weight is 448 g/mol. The van der Waals surface area contributed by atoms with Crippen molar-refractivity contribution in [2.45, 2.75) is 75.8 Å². The molecule has 0 aromatic heterocycles. The summed E-state index contributed by atoms with van der Waals surface area (Å²) in [6.45, 7) is 2.69. The predicted molar refractivity (Wildman–Crippen MR) is 118 cm³/mol. The largest absolute Gasteiger partial charge is 0.379 e. The molecule has 1 amide bonds. The van der Waals surface area contributed by atoms with Gasteiger partial charge in [0.25, 0.3) is 0 Å². The summed E-state index contributed by atoms with van der Waals surface area (Å²) in [5.41, 5.74) is 0.928. The van der Waals surface area contributed by atoms with Crippen LogP contribution >= 0.6 is 0 Å². The van der Waals surface area contributed by atoms with Crippen LogP contribution in [0.2, 0.25) is 0 Å². The minimum Gasteiger partial charge on any atom is -0.379 e. The Hall–Kier alpha value is -2.41. The maximum atomic E-state index is 13.0. The van der Waals surface area contributed by atoms with Gasteiger partial charge in [-0.2, -0.15) is 8.42 Å². The van der Waals surface area contributed by atoms with Crippen LogP contribution in [0.25, 0.3) is 0 Å². The Labute approximate surface area is 184 Å². The summed E-state index contributed by atoms with van der Waals surface area (Å²) in [5.74, 6) is -0.148. The van der Waals surface area contributed by atoms with Crippen LogP contribution in [0.1, 0.15) is 63.9 Å². The maximum Gasteiger partial charge on any atom is 0.339 e. The molecule has 168 valence electrons. The van der Waals surface area contributed by atoms with Gasteiger partial charge < -0.3 is 9.08 Å². The Morgan fingerprint density at radius 3 is 2.26 bits per heavy atom. The third-order valence-corrected chi connectivity index (χ3v) is 6.65. The van der Waals surface area contributed by atoms with Crippen molar-refractivity contribution >= 4 is 16.0 Å². The molecule has 0 radical (unpaired) electrons. The number of nitrogens with zero attached hydrogens (tertiary/aromatic N) is 1. The molecule has 5 nitrogen and oxygen atoms in total. The lowest BCUT2D eigenvalue weighted by Crippen LogP contribution is -2.32. The van der Waals surface area contributed by atoms with E-state index in [4.69, 9.17) is 4.18 Å². The molecule has 1 aliphatic carbocycles. The quantitative estimate of drug-likeness (QED) is 0.321. The molecule has 2 aromatic carbocycles. The lowest BCUT2D eigenvalue weighted by atomic mass is 10.1. The smallest absolute Gasteiger partial charge is 0.339 e. The average Bonchev–Trinajstić information content (AvgIpc) is 3.58. The SMILES string of the molecule is CCCCCCCC(=O)N(Cc1ccc(OS(=O)(=O)c2ccc(F)cc2)cc1)C1CC1. The molecule has 0 spiro atoms. The van der Waals surface area contributed by atoms with E-state index >= 15 is 0 Å². The fraction of sp³-hybridized carbons (Fsp3) is 0.458. The molecule has 2 aromatic rings. The van der Waals surface area contributed by atoms with E-state index in [0.717, 1.165) is 43.4 Å². The number of unbranched alkanes of at least 4 members (excludes halogenated alkanes) is 4. The number of halogens is 1. The standard InChI is InChI=1S/C24H30FNO4S/c1-2-3-4-5-6-7-24(27)26(21-12-13-21)18-19-8-14-22(15-9-19)30-31(28,29)23-16-10-20(25)11-17-23/h8-11,14-17,21H,2-7,12-13,18H2,1H3. The van der Waals surface area contributed by atoms with Gasteiger partial charge in [0.2, 0.25) is 5.91 Å². The Balaban J connectivity index is 1.57. The van der Waals surface area contributed by atoms with Gasteiger partial charge in [0.1, 0.15) is 16.5 Å². The summed E-state index contributed by atoms with van der Waals surface area (Å²) in [4.78, 5) is 14.5. The monoisotopic (exact) mass is 447 g/mol. The Kier molecular flexibility index (Phi) is 8.07. The van der Waals surface area contributed by atoms with Gasteiger partial charge in [0, 0.05) is 19.0 Å². The van der Waals surface area contributed by atoms with Crippen LogP contribution in [0.5, 0.6) is 5.75 Å². The molecule has 1 fully saturated rings. The first-order valence-electron chi connectivity index (χ1n) is 11.0. The third-order valence-electron chi connectivity index (χ3n) is 5.39. The molecular formula is C24H30FNO4S. The highest BCUT2D eigenvalue weighted by Crippen LogP contribution is 2.30. The lowest BCUT2D eigenvalue weighted by Gasteiger charge is -2.23. The number of rotatable bonds is 12. The zero-order valence-electron chi connectivity index (χ0n) is 17.9. The maximum absolute atomic E-state index is 13.0. The normalized spacial score (nSPS) is 13.7. The first-order chi connectivity index (χ1) is 14.9. The molecule has 0 unspecified atom stereocenters. The molecule has 31 heavy (non-hydrogen) atoms. The highest BCUT2D eigenvalue weighted by atomic mass is 32.2. The molecule has 0 bridgehead atoms. The van der Waals surface area contributed by atoms with Crippen molar-refractivity contribution in [2.75, 3.05) is 0 Å². The van der Waals surface area contributed by atoms with E-state index in [9.17, 15) is 17.6 Å². The summed E-state index contributed by atoms with van der Waals surface area (Å²) >= 11 is 0. The van der Waals surface area contributed by atoms with Crippen molar-refractivity contribution in [1.29, 1.82) is 0 Å². The van der Waals surface area contributed by atoms with Crippen LogP contribution in [0, 0.1) is 5.82 Å². The van der Waals surface area contributed by atoms with Gasteiger partial charge in [-0.1, -0.05) is 44.7 Å². The third kappa shape index (κ3) is 7.06. The van der Waals surface area contributed by atoms with Gasteiger partial charge in [0.15, 0.2) is 0 Å². The number of hydrogen-bond donors (Lipinski definition) is 0. The predicted octanol–water partition coefficient (Wildman–Crippen LogP) is 5.44. The number of amides is 1. The first-order valence-corrected chi connectivity index (χ1v) is 12.4. The number of benzene rings is 2. The van der Waals surface area contributed by atoms with Gasteiger partial charge >= 0.3 is 10.1 Å². The van der Waals surface area contributed by atoms with Crippen molar-refractivity contribution in [3.63, 3.8) is 0 Å². The van der Waals surface area contributed by atoms with E-state index in [0.29, 0.717) is 19.0 Å². The second-order valence-electron chi connectivity index (χ2n) is 8.05. The number of carbonyl (C=O) groups excluding carboxylic acids is 1. The fourth-order valence-electron chi connectivity index (χ4n) is 3.45. The first kappa shape index (κ1) is 23.3. The number of carbonyl (C=O) groups is 1. The highest BCUT2D eigenvalue weighted by Gasteiger charge is 2.32. The van der Waals surface area contributed by atoms with Gasteiger partial charge in [-0.3, -0.25) is 4.79 Å². The molecule has 0 atom stereocenters. The molecule has 3 rings (SSSR count). The van der Waals surface area contributed by atoms with E-state index in [-0.39, 0.29) is 16.6 Å². The van der Waals surface area contributed by atoms with E-state index in [1.165, 1.54) is 31.4 Å². The van der Waals surface area contributed by atoms with Crippen LogP contribution in [0.3, 0.4) is 0 Å². The van der Waals surface area contributed by atoms with Crippen molar-refractivity contribution in [2.24, 2.45) is 0 Å². The van der Waals surface area contributed by atoms with E-state index in [1.807, 2.05) is 4.90 Å². The minimum absolute atomic E-state index is 0.109. The molecule has 1 saturated carbocycles. The second-order valence-corrected chi connectivity index (χ2v) is 9.60. The molecular weight excluding hydrogens is 417 g/mol. The molecule has 0 saturated heterocycles. The topological polar surface area (TPSA) is 63.7 Å². The highest BCUT2D eigenvalue weighted by molar-refractivity contribution is 7.87. The summed E-state index contributed by atoms with van der Waals surface area (Å²) in [5, 5.41) is 0. The van der Waals surface area contributed by atoms with Crippen LogP contribution < -0.4 is 4.18 Å². The van der Waals surface area contributed by atoms with E-state index < -0.39 is 15.9 Å². The van der Waals surface area contributed by atoms with Crippen LogP contribution in [-0.4, -0.2) is 25.3 Å². The molecule has 0 N–H and O–H groups in total. The fourth-order valence-corrected chi connectivity index (χ4v) is 4.38. The van der Waals surface area contributed by atoms with Crippen molar-refractivity contribution in [3.8, 4) is 5.75 Å². The summed E-state index contributed by atoms with van der Waals surface area (Å²) in [6.07, 6.45) is 8.26.